The molecule has 0 bridgehead atoms. The summed E-state index contributed by atoms with van der Waals surface area (Å²) in [6.45, 7) is 4.63. The Balaban J connectivity index is 1.78. The van der Waals surface area contributed by atoms with Crippen molar-refractivity contribution in [3.8, 4) is 0 Å². The van der Waals surface area contributed by atoms with Crippen LogP contribution < -0.4 is 5.32 Å². The minimum Gasteiger partial charge on any atom is -0.384 e. The van der Waals surface area contributed by atoms with E-state index >= 15 is 0 Å². The largest absolute Gasteiger partial charge is 0.384 e. The molecule has 16 heavy (non-hydrogen) atoms. The predicted octanol–water partition coefficient (Wildman–Crippen LogP) is 3.61. The lowest BCUT2D eigenvalue weighted by Gasteiger charge is -2.15. The van der Waals surface area contributed by atoms with Crippen molar-refractivity contribution in [2.75, 3.05) is 31.5 Å². The third-order valence-corrected chi connectivity index (χ3v) is 4.09. The van der Waals surface area contributed by atoms with Crippen LogP contribution in [0.25, 0.3) is 0 Å². The number of rotatable bonds is 4. The van der Waals surface area contributed by atoms with Gasteiger partial charge in [0, 0.05) is 23.2 Å². The molecule has 0 saturated carbocycles. The summed E-state index contributed by atoms with van der Waals surface area (Å²) in [5.74, 6) is 0. The number of hydrogen-bond donors (Lipinski definition) is 1. The molecule has 2 nitrogen and oxygen atoms in total. The van der Waals surface area contributed by atoms with Crippen molar-refractivity contribution in [1.29, 1.82) is 0 Å². The van der Waals surface area contributed by atoms with Gasteiger partial charge in [-0.1, -0.05) is 11.6 Å². The summed E-state index contributed by atoms with van der Waals surface area (Å²) in [6, 6.07) is 5.94. The summed E-state index contributed by atoms with van der Waals surface area (Å²) < 4.78 is 0.945. The van der Waals surface area contributed by atoms with Crippen LogP contribution in [0.15, 0.2) is 22.7 Å². The Bertz CT molecular complexity index is 351. The standard InChI is InChI=1S/C12H16BrClN2/c13-11-9-10(3-4-12(11)14)15-5-8-16-6-1-2-7-16/h3-4,9,15H,1-2,5-8H2. The first-order valence-electron chi connectivity index (χ1n) is 5.67. The van der Waals surface area contributed by atoms with Gasteiger partial charge < -0.3 is 10.2 Å². The van der Waals surface area contributed by atoms with Gasteiger partial charge in [0.05, 0.1) is 5.02 Å². The molecule has 0 amide bonds. The van der Waals surface area contributed by atoms with E-state index in [1.165, 1.54) is 25.9 Å². The molecular formula is C12H16BrClN2. The first kappa shape index (κ1) is 12.2. The highest BCUT2D eigenvalue weighted by Crippen LogP contribution is 2.25. The number of benzene rings is 1. The number of nitrogens with zero attached hydrogens (tertiary/aromatic N) is 1. The fourth-order valence-corrected chi connectivity index (χ4v) is 2.47. The SMILES string of the molecule is Clc1ccc(NCCN2CCCC2)cc1Br. The molecule has 1 aliphatic heterocycles. The van der Waals surface area contributed by atoms with Gasteiger partial charge in [-0.15, -0.1) is 0 Å². The second kappa shape index (κ2) is 5.89. The van der Waals surface area contributed by atoms with E-state index in [1.54, 1.807) is 0 Å². The van der Waals surface area contributed by atoms with Gasteiger partial charge in [-0.2, -0.15) is 0 Å². The molecule has 0 aromatic heterocycles. The number of anilines is 1. The molecule has 1 saturated heterocycles. The summed E-state index contributed by atoms with van der Waals surface area (Å²) >= 11 is 9.36. The van der Waals surface area contributed by atoms with Crippen LogP contribution in [-0.2, 0) is 0 Å². The Labute approximate surface area is 110 Å². The van der Waals surface area contributed by atoms with Crippen LogP contribution in [0.3, 0.4) is 0 Å². The van der Waals surface area contributed by atoms with E-state index in [0.717, 1.165) is 28.3 Å². The number of hydrogen-bond acceptors (Lipinski definition) is 2. The molecule has 2 rings (SSSR count). The van der Waals surface area contributed by atoms with Crippen molar-refractivity contribution in [3.63, 3.8) is 0 Å². The fourth-order valence-electron chi connectivity index (χ4n) is 1.97. The summed E-state index contributed by atoms with van der Waals surface area (Å²) in [6.07, 6.45) is 2.71. The number of likely N-dealkylation sites (tertiary alicyclic amines) is 1. The van der Waals surface area contributed by atoms with Crippen LogP contribution in [0.1, 0.15) is 12.8 Å². The lowest BCUT2D eigenvalue weighted by Crippen LogP contribution is -2.25. The predicted molar refractivity (Wildman–Crippen MR) is 73.3 cm³/mol. The zero-order chi connectivity index (χ0) is 11.4. The summed E-state index contributed by atoms with van der Waals surface area (Å²) in [4.78, 5) is 2.50. The van der Waals surface area contributed by atoms with Gasteiger partial charge in [-0.3, -0.25) is 0 Å². The van der Waals surface area contributed by atoms with Crippen LogP contribution in [-0.4, -0.2) is 31.1 Å². The minimum absolute atomic E-state index is 0.755. The van der Waals surface area contributed by atoms with Gasteiger partial charge in [0.1, 0.15) is 0 Å². The smallest absolute Gasteiger partial charge is 0.0549 e. The molecule has 0 radical (unpaired) electrons. The third kappa shape index (κ3) is 3.37. The number of nitrogens with one attached hydrogen (secondary N) is 1. The molecule has 4 heteroatoms. The maximum atomic E-state index is 5.94. The molecule has 0 aliphatic carbocycles. The van der Waals surface area contributed by atoms with Crippen molar-refractivity contribution >= 4 is 33.2 Å². The maximum absolute atomic E-state index is 5.94. The quantitative estimate of drug-likeness (QED) is 0.914. The molecule has 1 N–H and O–H groups in total. The van der Waals surface area contributed by atoms with Crippen LogP contribution in [0.2, 0.25) is 5.02 Å². The van der Waals surface area contributed by atoms with Gasteiger partial charge in [-0.05, 0) is 60.1 Å². The zero-order valence-electron chi connectivity index (χ0n) is 9.18. The maximum Gasteiger partial charge on any atom is 0.0549 e. The molecule has 1 aromatic carbocycles. The van der Waals surface area contributed by atoms with Crippen molar-refractivity contribution in [1.82, 2.24) is 4.90 Å². The second-order valence-electron chi connectivity index (χ2n) is 4.10. The van der Waals surface area contributed by atoms with E-state index in [0.29, 0.717) is 0 Å². The molecule has 0 atom stereocenters. The highest BCUT2D eigenvalue weighted by molar-refractivity contribution is 9.10. The number of halogens is 2. The monoisotopic (exact) mass is 302 g/mol. The fraction of sp³-hybridized carbons (Fsp3) is 0.500. The molecule has 0 unspecified atom stereocenters. The Morgan fingerprint density at radius 2 is 2.06 bits per heavy atom. The second-order valence-corrected chi connectivity index (χ2v) is 5.37. The molecular weight excluding hydrogens is 288 g/mol. The highest BCUT2D eigenvalue weighted by atomic mass is 79.9. The van der Waals surface area contributed by atoms with E-state index in [-0.39, 0.29) is 0 Å². The zero-order valence-corrected chi connectivity index (χ0v) is 11.5. The van der Waals surface area contributed by atoms with Crippen molar-refractivity contribution in [2.45, 2.75) is 12.8 Å². The Morgan fingerprint density at radius 1 is 1.31 bits per heavy atom. The minimum atomic E-state index is 0.755. The van der Waals surface area contributed by atoms with E-state index in [1.807, 2.05) is 18.2 Å². The van der Waals surface area contributed by atoms with Gasteiger partial charge in [0.25, 0.3) is 0 Å². The van der Waals surface area contributed by atoms with Crippen LogP contribution in [0, 0.1) is 0 Å². The highest BCUT2D eigenvalue weighted by Gasteiger charge is 2.10. The molecule has 88 valence electrons. The van der Waals surface area contributed by atoms with Crippen LogP contribution >= 0.6 is 27.5 Å². The Morgan fingerprint density at radius 3 is 2.75 bits per heavy atom. The van der Waals surface area contributed by atoms with E-state index in [9.17, 15) is 0 Å². The molecule has 0 spiro atoms. The van der Waals surface area contributed by atoms with Crippen LogP contribution in [0.5, 0.6) is 0 Å². The van der Waals surface area contributed by atoms with Crippen molar-refractivity contribution in [3.05, 3.63) is 27.7 Å². The molecule has 1 heterocycles. The summed E-state index contributed by atoms with van der Waals surface area (Å²) in [5, 5.41) is 4.16. The Hall–Kier alpha value is -0.250. The average Bonchev–Trinajstić information content (AvgIpc) is 2.76. The topological polar surface area (TPSA) is 15.3 Å². The molecule has 1 fully saturated rings. The first-order valence-corrected chi connectivity index (χ1v) is 6.84. The lowest BCUT2D eigenvalue weighted by atomic mass is 10.3. The van der Waals surface area contributed by atoms with E-state index < -0.39 is 0 Å². The van der Waals surface area contributed by atoms with Gasteiger partial charge >= 0.3 is 0 Å². The summed E-state index contributed by atoms with van der Waals surface area (Å²) in [5.41, 5.74) is 1.12. The van der Waals surface area contributed by atoms with Crippen LogP contribution in [0.4, 0.5) is 5.69 Å². The molecule has 1 aromatic rings. The lowest BCUT2D eigenvalue weighted by molar-refractivity contribution is 0.352. The first-order chi connectivity index (χ1) is 7.75. The van der Waals surface area contributed by atoms with Gasteiger partial charge in [0.15, 0.2) is 0 Å². The van der Waals surface area contributed by atoms with E-state index in [2.05, 4.69) is 26.1 Å². The van der Waals surface area contributed by atoms with Crippen molar-refractivity contribution < 1.29 is 0 Å². The van der Waals surface area contributed by atoms with Gasteiger partial charge in [-0.25, -0.2) is 0 Å². The van der Waals surface area contributed by atoms with Gasteiger partial charge in [0.2, 0.25) is 0 Å². The molecule has 1 aliphatic rings. The Kier molecular flexibility index (Phi) is 4.50. The average molecular weight is 304 g/mol. The summed E-state index contributed by atoms with van der Waals surface area (Å²) in [7, 11) is 0. The van der Waals surface area contributed by atoms with Crippen molar-refractivity contribution in [2.24, 2.45) is 0 Å². The normalized spacial score (nSPS) is 16.6. The third-order valence-electron chi connectivity index (χ3n) is 2.88. The van der Waals surface area contributed by atoms with E-state index in [4.69, 9.17) is 11.6 Å².